The Morgan fingerprint density at radius 1 is 0.913 bits per heavy atom. The second-order valence-corrected chi connectivity index (χ2v) is 5.66. The molecule has 6 nitrogen and oxygen atoms in total. The summed E-state index contributed by atoms with van der Waals surface area (Å²) in [6.07, 6.45) is -1.44. The molecule has 2 rings (SSSR count). The van der Waals surface area contributed by atoms with Gasteiger partial charge in [0.05, 0.1) is 6.61 Å². The van der Waals surface area contributed by atoms with E-state index in [1.54, 1.807) is 28.4 Å². The topological polar surface area (TPSA) is 58.2 Å². The molecule has 5 atom stereocenters. The van der Waals surface area contributed by atoms with Crippen molar-refractivity contribution in [1.29, 1.82) is 0 Å². The zero-order chi connectivity index (χ0) is 16.8. The highest BCUT2D eigenvalue weighted by Gasteiger charge is 2.47. The second-order valence-electron chi connectivity index (χ2n) is 5.66. The van der Waals surface area contributed by atoms with E-state index in [2.05, 4.69) is 12.2 Å². The molecule has 0 aliphatic carbocycles. The molecule has 23 heavy (non-hydrogen) atoms. The third-order valence-electron chi connectivity index (χ3n) is 4.14. The van der Waals surface area contributed by atoms with E-state index < -0.39 is 0 Å². The summed E-state index contributed by atoms with van der Waals surface area (Å²) in [6, 6.07) is 8.12. The first-order valence-corrected chi connectivity index (χ1v) is 7.70. The maximum atomic E-state index is 6.13. The second kappa shape index (κ2) is 8.61. The van der Waals surface area contributed by atoms with E-state index >= 15 is 0 Å². The SMILES string of the molecule is COC[C@H]1O[C@@H](Nc2ccc(C)cc2)[C@H](OC)[C@@H](OC)[C@@H]1OC. The molecule has 1 heterocycles. The summed E-state index contributed by atoms with van der Waals surface area (Å²) in [4.78, 5) is 0. The highest BCUT2D eigenvalue weighted by atomic mass is 16.6. The van der Waals surface area contributed by atoms with Gasteiger partial charge in [0.15, 0.2) is 6.23 Å². The summed E-state index contributed by atoms with van der Waals surface area (Å²) in [7, 11) is 6.58. The first-order chi connectivity index (χ1) is 11.1. The van der Waals surface area contributed by atoms with Crippen LogP contribution in [0.4, 0.5) is 5.69 Å². The summed E-state index contributed by atoms with van der Waals surface area (Å²) >= 11 is 0. The molecule has 0 bridgehead atoms. The predicted molar refractivity (Wildman–Crippen MR) is 87.7 cm³/mol. The van der Waals surface area contributed by atoms with Crippen LogP contribution in [0.2, 0.25) is 0 Å². The lowest BCUT2D eigenvalue weighted by Crippen LogP contribution is -2.62. The molecule has 1 aromatic carbocycles. The Bertz CT molecular complexity index is 467. The first-order valence-electron chi connectivity index (χ1n) is 7.70. The van der Waals surface area contributed by atoms with Gasteiger partial charge in [-0.3, -0.25) is 0 Å². The third kappa shape index (κ3) is 4.22. The van der Waals surface area contributed by atoms with Gasteiger partial charge in [0.25, 0.3) is 0 Å². The predicted octanol–water partition coefficient (Wildman–Crippen LogP) is 1.82. The lowest BCUT2D eigenvalue weighted by Gasteiger charge is -2.45. The minimum atomic E-state index is -0.362. The van der Waals surface area contributed by atoms with Crippen molar-refractivity contribution in [3.05, 3.63) is 29.8 Å². The summed E-state index contributed by atoms with van der Waals surface area (Å²) in [6.45, 7) is 2.47. The lowest BCUT2D eigenvalue weighted by atomic mass is 9.97. The van der Waals surface area contributed by atoms with Crippen LogP contribution in [-0.4, -0.2) is 65.7 Å². The molecule has 0 amide bonds. The van der Waals surface area contributed by atoms with E-state index in [1.165, 1.54) is 5.56 Å². The summed E-state index contributed by atoms with van der Waals surface area (Å²) in [5.74, 6) is 0. The number of benzene rings is 1. The normalized spacial score (nSPS) is 31.1. The van der Waals surface area contributed by atoms with Gasteiger partial charge in [-0.15, -0.1) is 0 Å². The van der Waals surface area contributed by atoms with Crippen LogP contribution in [0.15, 0.2) is 24.3 Å². The van der Waals surface area contributed by atoms with Crippen LogP contribution >= 0.6 is 0 Å². The molecule has 0 spiro atoms. The molecule has 0 aromatic heterocycles. The van der Waals surface area contributed by atoms with Gasteiger partial charge in [0.2, 0.25) is 0 Å². The summed E-state index contributed by atoms with van der Waals surface area (Å²) in [5.41, 5.74) is 2.17. The van der Waals surface area contributed by atoms with Crippen LogP contribution < -0.4 is 5.32 Å². The van der Waals surface area contributed by atoms with Crippen molar-refractivity contribution in [2.75, 3.05) is 40.4 Å². The molecule has 6 heteroatoms. The van der Waals surface area contributed by atoms with E-state index in [1.807, 2.05) is 24.3 Å². The summed E-state index contributed by atoms with van der Waals surface area (Å²) in [5, 5.41) is 3.37. The first kappa shape index (κ1) is 18.2. The van der Waals surface area contributed by atoms with Gasteiger partial charge >= 0.3 is 0 Å². The lowest BCUT2D eigenvalue weighted by molar-refractivity contribution is -0.243. The molecule has 0 radical (unpaired) electrons. The minimum absolute atomic E-state index is 0.246. The van der Waals surface area contributed by atoms with Crippen LogP contribution in [-0.2, 0) is 23.7 Å². The molecule has 0 saturated carbocycles. The number of anilines is 1. The number of ether oxygens (including phenoxy) is 5. The average Bonchev–Trinajstić information content (AvgIpc) is 2.56. The number of aryl methyl sites for hydroxylation is 1. The van der Waals surface area contributed by atoms with Crippen LogP contribution in [0, 0.1) is 6.92 Å². The summed E-state index contributed by atoms with van der Waals surface area (Å²) < 4.78 is 28.2. The number of nitrogens with one attached hydrogen (secondary N) is 1. The van der Waals surface area contributed by atoms with Crippen LogP contribution in [0.25, 0.3) is 0 Å². The van der Waals surface area contributed by atoms with Crippen molar-refractivity contribution in [2.45, 2.75) is 37.6 Å². The highest BCUT2D eigenvalue weighted by Crippen LogP contribution is 2.28. The Morgan fingerprint density at radius 2 is 1.52 bits per heavy atom. The zero-order valence-corrected chi connectivity index (χ0v) is 14.4. The fraction of sp³-hybridized carbons (Fsp3) is 0.647. The molecule has 1 aliphatic rings. The fourth-order valence-electron chi connectivity index (χ4n) is 2.95. The Labute approximate surface area is 138 Å². The van der Waals surface area contributed by atoms with Crippen LogP contribution in [0.5, 0.6) is 0 Å². The molecule has 1 saturated heterocycles. The van der Waals surface area contributed by atoms with Gasteiger partial charge in [-0.05, 0) is 19.1 Å². The smallest absolute Gasteiger partial charge is 0.157 e. The average molecular weight is 325 g/mol. The van der Waals surface area contributed by atoms with Gasteiger partial charge in [0, 0.05) is 34.1 Å². The van der Waals surface area contributed by atoms with Crippen molar-refractivity contribution in [3.63, 3.8) is 0 Å². The maximum absolute atomic E-state index is 6.13. The number of rotatable bonds is 7. The monoisotopic (exact) mass is 325 g/mol. The Balaban J connectivity index is 2.19. The van der Waals surface area contributed by atoms with Gasteiger partial charge in [-0.2, -0.15) is 0 Å². The Kier molecular flexibility index (Phi) is 6.80. The number of methoxy groups -OCH3 is 4. The van der Waals surface area contributed by atoms with Gasteiger partial charge in [-0.25, -0.2) is 0 Å². The molecule has 1 aromatic rings. The Morgan fingerprint density at radius 3 is 2.04 bits per heavy atom. The molecular weight excluding hydrogens is 298 g/mol. The van der Waals surface area contributed by atoms with E-state index in [0.29, 0.717) is 6.61 Å². The minimum Gasteiger partial charge on any atom is -0.382 e. The third-order valence-corrected chi connectivity index (χ3v) is 4.14. The van der Waals surface area contributed by atoms with E-state index in [-0.39, 0.29) is 30.6 Å². The van der Waals surface area contributed by atoms with E-state index in [4.69, 9.17) is 23.7 Å². The zero-order valence-electron chi connectivity index (χ0n) is 14.4. The van der Waals surface area contributed by atoms with Crippen molar-refractivity contribution >= 4 is 5.69 Å². The van der Waals surface area contributed by atoms with Crippen molar-refractivity contribution < 1.29 is 23.7 Å². The van der Waals surface area contributed by atoms with Gasteiger partial charge in [0.1, 0.15) is 24.4 Å². The van der Waals surface area contributed by atoms with Crippen molar-refractivity contribution in [2.24, 2.45) is 0 Å². The van der Waals surface area contributed by atoms with Crippen molar-refractivity contribution in [1.82, 2.24) is 0 Å². The Hall–Kier alpha value is -1.18. The molecule has 1 fully saturated rings. The fourth-order valence-corrected chi connectivity index (χ4v) is 2.95. The van der Waals surface area contributed by atoms with Crippen LogP contribution in [0.3, 0.4) is 0 Å². The largest absolute Gasteiger partial charge is 0.382 e. The standard InChI is InChI=1S/C17H27NO5/c1-11-6-8-12(9-7-11)18-17-16(22-5)15(21-4)14(20-3)13(23-17)10-19-2/h6-9,13-18H,10H2,1-5H3/t13-,14-,15+,16-,17-/m1/s1. The number of hydrogen-bond donors (Lipinski definition) is 1. The maximum Gasteiger partial charge on any atom is 0.157 e. The number of hydrogen-bond acceptors (Lipinski definition) is 6. The molecule has 1 N–H and O–H groups in total. The van der Waals surface area contributed by atoms with Crippen LogP contribution in [0.1, 0.15) is 5.56 Å². The van der Waals surface area contributed by atoms with Crippen molar-refractivity contribution in [3.8, 4) is 0 Å². The van der Waals surface area contributed by atoms with E-state index in [9.17, 15) is 0 Å². The molecule has 130 valence electrons. The van der Waals surface area contributed by atoms with Gasteiger partial charge in [-0.1, -0.05) is 17.7 Å². The molecule has 1 aliphatic heterocycles. The highest BCUT2D eigenvalue weighted by molar-refractivity contribution is 5.45. The van der Waals surface area contributed by atoms with Gasteiger partial charge < -0.3 is 29.0 Å². The molecule has 0 unspecified atom stereocenters. The molecular formula is C17H27NO5. The van der Waals surface area contributed by atoms with E-state index in [0.717, 1.165) is 5.69 Å². The quantitative estimate of drug-likeness (QED) is 0.825.